The molecule has 0 aliphatic carbocycles. The minimum Gasteiger partial charge on any atom is -0.341 e. The third-order valence-corrected chi connectivity index (χ3v) is 1.80. The summed E-state index contributed by atoms with van der Waals surface area (Å²) in [4.78, 5) is 11.1. The number of amides is 1. The first-order valence-electron chi connectivity index (χ1n) is 4.62. The van der Waals surface area contributed by atoms with E-state index >= 15 is 0 Å². The summed E-state index contributed by atoms with van der Waals surface area (Å²) in [6.07, 6.45) is 2.38. The fraction of sp³-hybridized carbons (Fsp3) is 0.889. The van der Waals surface area contributed by atoms with Crippen LogP contribution in [0.5, 0.6) is 0 Å². The van der Waals surface area contributed by atoms with E-state index in [1.807, 2.05) is 13.8 Å². The van der Waals surface area contributed by atoms with Crippen LogP contribution in [-0.2, 0) is 4.79 Å². The summed E-state index contributed by atoms with van der Waals surface area (Å²) in [5.41, 5.74) is 5.66. The highest BCUT2D eigenvalue weighted by atomic mass is 16.1. The van der Waals surface area contributed by atoms with Crippen molar-refractivity contribution in [3.05, 3.63) is 0 Å². The van der Waals surface area contributed by atoms with Crippen LogP contribution in [-0.4, -0.2) is 12.1 Å². The predicted molar refractivity (Wildman–Crippen MR) is 50.5 cm³/mol. The number of rotatable bonds is 5. The maximum absolute atomic E-state index is 11.1. The lowest BCUT2D eigenvalue weighted by molar-refractivity contribution is -0.122. The summed E-state index contributed by atoms with van der Waals surface area (Å²) in [6.45, 7) is 6.05. The van der Waals surface area contributed by atoms with Crippen LogP contribution in [0, 0.1) is 5.92 Å². The molecule has 72 valence electrons. The highest BCUT2D eigenvalue weighted by molar-refractivity contribution is 5.76. The topological polar surface area (TPSA) is 55.1 Å². The standard InChI is InChI=1S/C9H20N2O/c1-4-5-6-8(12)11-9(10)7(2)3/h7,9H,4-6,10H2,1-3H3,(H,11,12). The maximum atomic E-state index is 11.1. The van der Waals surface area contributed by atoms with Gasteiger partial charge in [0.2, 0.25) is 5.91 Å². The van der Waals surface area contributed by atoms with E-state index in [2.05, 4.69) is 12.2 Å². The Morgan fingerprint density at radius 3 is 2.50 bits per heavy atom. The van der Waals surface area contributed by atoms with Gasteiger partial charge < -0.3 is 11.1 Å². The van der Waals surface area contributed by atoms with E-state index in [1.54, 1.807) is 0 Å². The molecule has 0 aromatic carbocycles. The van der Waals surface area contributed by atoms with E-state index in [0.29, 0.717) is 12.3 Å². The van der Waals surface area contributed by atoms with Crippen molar-refractivity contribution in [2.45, 2.75) is 46.2 Å². The maximum Gasteiger partial charge on any atom is 0.221 e. The van der Waals surface area contributed by atoms with Crippen molar-refractivity contribution in [3.8, 4) is 0 Å². The monoisotopic (exact) mass is 172 g/mol. The Morgan fingerprint density at radius 1 is 1.50 bits per heavy atom. The van der Waals surface area contributed by atoms with E-state index in [1.165, 1.54) is 0 Å². The first kappa shape index (κ1) is 11.4. The fourth-order valence-corrected chi connectivity index (χ4v) is 0.762. The molecular formula is C9H20N2O. The molecule has 0 aliphatic rings. The van der Waals surface area contributed by atoms with Gasteiger partial charge in [-0.05, 0) is 12.3 Å². The average molecular weight is 172 g/mol. The SMILES string of the molecule is CCCCC(=O)NC(N)C(C)C. The molecule has 0 saturated heterocycles. The summed E-state index contributed by atoms with van der Waals surface area (Å²) >= 11 is 0. The molecule has 0 radical (unpaired) electrons. The largest absolute Gasteiger partial charge is 0.341 e. The normalized spacial score (nSPS) is 13.1. The van der Waals surface area contributed by atoms with Crippen molar-refractivity contribution in [2.75, 3.05) is 0 Å². The molecule has 12 heavy (non-hydrogen) atoms. The number of carbonyl (C=O) groups is 1. The Morgan fingerprint density at radius 2 is 2.08 bits per heavy atom. The number of hydrogen-bond acceptors (Lipinski definition) is 2. The van der Waals surface area contributed by atoms with Crippen LogP contribution < -0.4 is 11.1 Å². The molecule has 0 aromatic heterocycles. The highest BCUT2D eigenvalue weighted by Crippen LogP contribution is 1.97. The van der Waals surface area contributed by atoms with E-state index in [4.69, 9.17) is 5.73 Å². The second-order valence-corrected chi connectivity index (χ2v) is 3.44. The Kier molecular flexibility index (Phi) is 5.72. The van der Waals surface area contributed by atoms with Crippen molar-refractivity contribution in [1.29, 1.82) is 0 Å². The van der Waals surface area contributed by atoms with Crippen LogP contribution in [0.25, 0.3) is 0 Å². The van der Waals surface area contributed by atoms with E-state index in [-0.39, 0.29) is 12.1 Å². The Bertz CT molecular complexity index is 134. The van der Waals surface area contributed by atoms with Crippen molar-refractivity contribution >= 4 is 5.91 Å². The number of unbranched alkanes of at least 4 members (excludes halogenated alkanes) is 1. The van der Waals surface area contributed by atoms with Gasteiger partial charge in [0, 0.05) is 6.42 Å². The summed E-state index contributed by atoms with van der Waals surface area (Å²) in [7, 11) is 0. The second-order valence-electron chi connectivity index (χ2n) is 3.44. The number of hydrogen-bond donors (Lipinski definition) is 2. The van der Waals surface area contributed by atoms with E-state index in [9.17, 15) is 4.79 Å². The van der Waals surface area contributed by atoms with Gasteiger partial charge in [-0.25, -0.2) is 0 Å². The quantitative estimate of drug-likeness (QED) is 0.613. The molecule has 3 nitrogen and oxygen atoms in total. The zero-order chi connectivity index (χ0) is 9.56. The number of nitrogens with two attached hydrogens (primary N) is 1. The zero-order valence-corrected chi connectivity index (χ0v) is 8.26. The molecule has 0 saturated carbocycles. The van der Waals surface area contributed by atoms with Gasteiger partial charge in [0.05, 0.1) is 6.17 Å². The van der Waals surface area contributed by atoms with Gasteiger partial charge in [-0.15, -0.1) is 0 Å². The second kappa shape index (κ2) is 6.00. The Balaban J connectivity index is 3.54. The Hall–Kier alpha value is -0.570. The van der Waals surface area contributed by atoms with Gasteiger partial charge in [0.1, 0.15) is 0 Å². The minimum atomic E-state index is -0.200. The van der Waals surface area contributed by atoms with Crippen molar-refractivity contribution in [2.24, 2.45) is 11.7 Å². The van der Waals surface area contributed by atoms with Crippen molar-refractivity contribution < 1.29 is 4.79 Å². The molecule has 1 unspecified atom stereocenters. The lowest BCUT2D eigenvalue weighted by Gasteiger charge is -2.16. The third-order valence-electron chi connectivity index (χ3n) is 1.80. The summed E-state index contributed by atoms with van der Waals surface area (Å²) < 4.78 is 0. The van der Waals surface area contributed by atoms with Crippen LogP contribution in [0.3, 0.4) is 0 Å². The number of nitrogens with one attached hydrogen (secondary N) is 1. The van der Waals surface area contributed by atoms with Crippen molar-refractivity contribution in [3.63, 3.8) is 0 Å². The summed E-state index contributed by atoms with van der Waals surface area (Å²) in [5, 5.41) is 2.75. The lowest BCUT2D eigenvalue weighted by Crippen LogP contribution is -2.45. The van der Waals surface area contributed by atoms with E-state index in [0.717, 1.165) is 12.8 Å². The first-order valence-corrected chi connectivity index (χ1v) is 4.62. The summed E-state index contributed by atoms with van der Waals surface area (Å²) in [6, 6.07) is 0. The Labute approximate surface area is 74.7 Å². The van der Waals surface area contributed by atoms with E-state index < -0.39 is 0 Å². The first-order chi connectivity index (χ1) is 5.57. The predicted octanol–water partition coefficient (Wildman–Crippen LogP) is 1.23. The molecule has 0 bridgehead atoms. The fourth-order valence-electron chi connectivity index (χ4n) is 0.762. The molecule has 0 heterocycles. The van der Waals surface area contributed by atoms with Crippen LogP contribution in [0.4, 0.5) is 0 Å². The minimum absolute atomic E-state index is 0.0676. The molecule has 0 fully saturated rings. The van der Waals surface area contributed by atoms with Crippen LogP contribution in [0.1, 0.15) is 40.0 Å². The van der Waals surface area contributed by atoms with Crippen molar-refractivity contribution in [1.82, 2.24) is 5.32 Å². The smallest absolute Gasteiger partial charge is 0.221 e. The van der Waals surface area contributed by atoms with Crippen LogP contribution >= 0.6 is 0 Å². The number of carbonyl (C=O) groups excluding carboxylic acids is 1. The molecule has 0 aromatic rings. The zero-order valence-electron chi connectivity index (χ0n) is 8.26. The van der Waals surface area contributed by atoms with Gasteiger partial charge in [-0.2, -0.15) is 0 Å². The third kappa shape index (κ3) is 5.13. The van der Waals surface area contributed by atoms with Crippen LogP contribution in [0.2, 0.25) is 0 Å². The molecule has 1 atom stereocenters. The molecule has 0 aliphatic heterocycles. The van der Waals surface area contributed by atoms with Gasteiger partial charge >= 0.3 is 0 Å². The highest BCUT2D eigenvalue weighted by Gasteiger charge is 2.09. The van der Waals surface area contributed by atoms with Gasteiger partial charge in [0.15, 0.2) is 0 Å². The molecule has 3 N–H and O–H groups in total. The van der Waals surface area contributed by atoms with Crippen LogP contribution in [0.15, 0.2) is 0 Å². The molecular weight excluding hydrogens is 152 g/mol. The lowest BCUT2D eigenvalue weighted by atomic mass is 10.1. The van der Waals surface area contributed by atoms with Gasteiger partial charge in [-0.3, -0.25) is 4.79 Å². The molecule has 3 heteroatoms. The molecule has 0 spiro atoms. The average Bonchev–Trinajstić information content (AvgIpc) is 2.00. The molecule has 1 amide bonds. The summed E-state index contributed by atoms with van der Waals surface area (Å²) in [5.74, 6) is 0.369. The molecule has 0 rings (SSSR count). The van der Waals surface area contributed by atoms with Gasteiger partial charge in [0.25, 0.3) is 0 Å². The van der Waals surface area contributed by atoms with Gasteiger partial charge in [-0.1, -0.05) is 27.2 Å².